The molecule has 13 nitrogen and oxygen atoms in total. The van der Waals surface area contributed by atoms with Gasteiger partial charge in [-0.25, -0.2) is 0 Å². The number of rotatable bonds is 6. The van der Waals surface area contributed by atoms with Crippen LogP contribution in [-0.4, -0.2) is 87.3 Å². The molecule has 0 unspecified atom stereocenters. The summed E-state index contributed by atoms with van der Waals surface area (Å²) in [6.45, 7) is 12.0. The summed E-state index contributed by atoms with van der Waals surface area (Å²) in [6, 6.07) is 0. The van der Waals surface area contributed by atoms with Crippen molar-refractivity contribution in [1.29, 1.82) is 0 Å². The first-order chi connectivity index (χ1) is 25.3. The van der Waals surface area contributed by atoms with Crippen LogP contribution >= 0.6 is 0 Å². The summed E-state index contributed by atoms with van der Waals surface area (Å²) in [4.78, 5) is 70.1. The van der Waals surface area contributed by atoms with E-state index in [0.717, 1.165) is 26.0 Å². The maximum Gasteiger partial charge on any atom is 0.217 e. The quantitative estimate of drug-likeness (QED) is 0.0652. The summed E-state index contributed by atoms with van der Waals surface area (Å²) in [6.07, 6.45) is 13.9. The van der Waals surface area contributed by atoms with E-state index in [1.807, 2.05) is 0 Å². The fourth-order valence-electron chi connectivity index (χ4n) is 9.83. The molecule has 0 amide bonds. The van der Waals surface area contributed by atoms with Gasteiger partial charge in [-0.1, -0.05) is 49.5 Å². The van der Waals surface area contributed by atoms with Crippen molar-refractivity contribution in [2.75, 3.05) is 0 Å². The number of fused-ring (bicyclic) bond motifs is 6. The van der Waals surface area contributed by atoms with Crippen molar-refractivity contribution in [3.8, 4) is 0 Å². The molecule has 0 radical (unpaired) electrons. The highest BCUT2D eigenvalue weighted by atomic mass is 16.7. The number of hydrogen-bond donors (Lipinski definition) is 7. The second kappa shape index (κ2) is 13.1. The Balaban J connectivity index is 1.74. The summed E-state index contributed by atoms with van der Waals surface area (Å²) < 4.78 is 5.94. The topological polar surface area (TPSA) is 236 Å². The van der Waals surface area contributed by atoms with Gasteiger partial charge in [0.2, 0.25) is 11.6 Å². The number of ether oxygens (including phenoxy) is 1. The highest BCUT2D eigenvalue weighted by Crippen LogP contribution is 2.67. The number of ketones is 5. The Hall–Kier alpha value is -4.95. The van der Waals surface area contributed by atoms with Crippen LogP contribution in [0.5, 0.6) is 0 Å². The molecule has 2 bridgehead atoms. The molecule has 10 atom stereocenters. The van der Waals surface area contributed by atoms with Crippen LogP contribution in [-0.2, 0) is 28.7 Å². The van der Waals surface area contributed by atoms with E-state index in [4.69, 9.17) is 4.74 Å². The predicted molar refractivity (Wildman–Crippen MR) is 198 cm³/mol. The molecule has 4 saturated carbocycles. The fourth-order valence-corrected chi connectivity index (χ4v) is 9.83. The van der Waals surface area contributed by atoms with Crippen LogP contribution < -0.4 is 0 Å². The first kappa shape index (κ1) is 41.2. The van der Waals surface area contributed by atoms with Gasteiger partial charge in [0.1, 0.15) is 39.8 Å². The molecular weight excluding hydrogens is 712 g/mol. The Morgan fingerprint density at radius 3 is 1.78 bits per heavy atom. The maximum atomic E-state index is 14.5. The van der Waals surface area contributed by atoms with Crippen molar-refractivity contribution in [2.45, 2.75) is 84.9 Å². The molecule has 1 heterocycles. The number of allylic oxidation sites excluding steroid dienone is 11. The molecule has 5 aliphatic carbocycles. The molecule has 6 aliphatic rings. The minimum absolute atomic E-state index is 0.134. The molecule has 7 N–H and O–H groups in total. The van der Waals surface area contributed by atoms with Gasteiger partial charge in [-0.15, -0.1) is 0 Å². The van der Waals surface area contributed by atoms with Crippen LogP contribution in [0.1, 0.15) is 62.3 Å². The standard InChI is InChI=1S/C42H48O13/c1-10-12-14-16-23(43)26-29-20(3)22(37(5,33(26)48)36(51)39(29,7)52)18-19-25(45)27-30(46)21(4)32(47)40(8)31(27)38(6)34(49)28(24(44)17-15-13-11-2)35(50)41(9,53)42(38,54)55-40/h10-20,22,29,31,43-46,52-54H,1-9H3/b12-10+,13-11+,16-14+,17-15+,19-18+,26-23+,27-25-,28-24+/t20-,22-,29+,31-,37-,38-,39+,40+,41+,42-/m1/s1. The van der Waals surface area contributed by atoms with Gasteiger partial charge in [0.25, 0.3) is 0 Å². The van der Waals surface area contributed by atoms with Crippen molar-refractivity contribution in [1.82, 2.24) is 0 Å². The van der Waals surface area contributed by atoms with Gasteiger partial charge >= 0.3 is 0 Å². The number of aliphatic hydroxyl groups is 7. The number of aliphatic hydroxyl groups excluding tert-OH is 4. The molecule has 0 spiro atoms. The lowest BCUT2D eigenvalue weighted by atomic mass is 9.44. The SMILES string of the molecule is C/C=C/C=C/C(O)=C1\C(=O)[C@](C)(O)[C@]2(O)O[C@]3(C)C(=O)C(C)=C(O)/C(=C(O)\C=C\[C@@H]4[C@@H](C)[C@H]5/C(=C(O)/C=C/C=C/C)C(=O)[C@]4(C)C(=O)[C@@]5(C)O)[C@@H]3[C@]2(C)C1=O. The smallest absolute Gasteiger partial charge is 0.217 e. The van der Waals surface area contributed by atoms with Crippen molar-refractivity contribution in [2.24, 2.45) is 34.5 Å². The van der Waals surface area contributed by atoms with Gasteiger partial charge in [0, 0.05) is 34.5 Å². The van der Waals surface area contributed by atoms with E-state index in [0.29, 0.717) is 0 Å². The van der Waals surface area contributed by atoms with E-state index in [2.05, 4.69) is 0 Å². The average Bonchev–Trinajstić information content (AvgIpc) is 3.31. The van der Waals surface area contributed by atoms with Crippen LogP contribution in [0.15, 0.2) is 106 Å². The summed E-state index contributed by atoms with van der Waals surface area (Å²) in [5.41, 5.74) is -13.8. The molecule has 55 heavy (non-hydrogen) atoms. The molecule has 0 aromatic heterocycles. The summed E-state index contributed by atoms with van der Waals surface area (Å²) >= 11 is 0. The van der Waals surface area contributed by atoms with E-state index >= 15 is 0 Å². The van der Waals surface area contributed by atoms with Gasteiger partial charge in [-0.2, -0.15) is 0 Å². The third-order valence-corrected chi connectivity index (χ3v) is 12.6. The molecule has 0 aromatic rings. The Morgan fingerprint density at radius 1 is 0.709 bits per heavy atom. The van der Waals surface area contributed by atoms with Gasteiger partial charge in [0.05, 0.1) is 10.8 Å². The first-order valence-electron chi connectivity index (χ1n) is 17.9. The van der Waals surface area contributed by atoms with Crippen LogP contribution in [0.2, 0.25) is 0 Å². The van der Waals surface area contributed by atoms with Crippen LogP contribution in [0.25, 0.3) is 0 Å². The van der Waals surface area contributed by atoms with Gasteiger partial charge in [-0.05, 0) is 79.5 Å². The van der Waals surface area contributed by atoms with Gasteiger partial charge in [0.15, 0.2) is 28.7 Å². The third kappa shape index (κ3) is 5.09. The molecule has 1 aliphatic heterocycles. The Bertz CT molecular complexity index is 2100. The van der Waals surface area contributed by atoms with E-state index < -0.39 is 120 Å². The molecule has 294 valence electrons. The van der Waals surface area contributed by atoms with E-state index in [9.17, 15) is 59.7 Å². The zero-order valence-corrected chi connectivity index (χ0v) is 32.2. The average molecular weight is 761 g/mol. The largest absolute Gasteiger partial charge is 0.508 e. The number of carbonyl (C=O) groups excluding carboxylic acids is 5. The molecule has 6 rings (SSSR count). The lowest BCUT2D eigenvalue weighted by Crippen LogP contribution is -2.72. The van der Waals surface area contributed by atoms with E-state index in [1.165, 1.54) is 58.1 Å². The number of carbonyl (C=O) groups is 5. The van der Waals surface area contributed by atoms with Crippen molar-refractivity contribution in [3.05, 3.63) is 106 Å². The number of hydrogen-bond acceptors (Lipinski definition) is 13. The summed E-state index contributed by atoms with van der Waals surface area (Å²) in [7, 11) is 0. The summed E-state index contributed by atoms with van der Waals surface area (Å²) in [5.74, 6) is -16.0. The minimum atomic E-state index is -3.17. The third-order valence-electron chi connectivity index (χ3n) is 12.6. The van der Waals surface area contributed by atoms with Crippen molar-refractivity contribution in [3.63, 3.8) is 0 Å². The predicted octanol–water partition coefficient (Wildman–Crippen LogP) is 4.45. The van der Waals surface area contributed by atoms with Crippen LogP contribution in [0, 0.1) is 34.5 Å². The molecule has 0 aromatic carbocycles. The second-order valence-corrected chi connectivity index (χ2v) is 15.9. The minimum Gasteiger partial charge on any atom is -0.508 e. The zero-order valence-electron chi connectivity index (χ0n) is 32.2. The Labute approximate surface area is 318 Å². The lowest BCUT2D eigenvalue weighted by molar-refractivity contribution is -0.313. The molecule has 1 saturated heterocycles. The van der Waals surface area contributed by atoms with E-state index in [1.54, 1.807) is 39.0 Å². The van der Waals surface area contributed by atoms with Gasteiger partial charge < -0.3 is 40.5 Å². The highest BCUT2D eigenvalue weighted by Gasteiger charge is 2.83. The molecular formula is C42H48O13. The van der Waals surface area contributed by atoms with Crippen molar-refractivity contribution < 1.29 is 64.5 Å². The summed E-state index contributed by atoms with van der Waals surface area (Å²) in [5, 5.41) is 80.8. The monoisotopic (exact) mass is 760 g/mol. The van der Waals surface area contributed by atoms with Crippen LogP contribution in [0.4, 0.5) is 0 Å². The maximum absolute atomic E-state index is 14.5. The fraction of sp³-hybridized carbons (Fsp3) is 0.452. The molecule has 5 fully saturated rings. The molecule has 13 heteroatoms. The van der Waals surface area contributed by atoms with Crippen LogP contribution in [0.3, 0.4) is 0 Å². The Kier molecular flexibility index (Phi) is 9.80. The van der Waals surface area contributed by atoms with Gasteiger partial charge in [-0.3, -0.25) is 24.0 Å². The zero-order chi connectivity index (χ0) is 41.6. The number of Topliss-reactive ketones (excluding diaryl/α,β-unsaturated/α-hetero) is 5. The Morgan fingerprint density at radius 2 is 1.24 bits per heavy atom. The lowest BCUT2D eigenvalue weighted by Gasteiger charge is -2.57. The first-order valence-corrected chi connectivity index (χ1v) is 17.9. The second-order valence-electron chi connectivity index (χ2n) is 15.9. The normalized spacial score (nSPS) is 43.6. The highest BCUT2D eigenvalue weighted by molar-refractivity contribution is 6.29. The van der Waals surface area contributed by atoms with E-state index in [-0.39, 0.29) is 11.1 Å². The van der Waals surface area contributed by atoms with Crippen molar-refractivity contribution >= 4 is 28.9 Å².